The molecule has 0 aliphatic rings. The van der Waals surface area contributed by atoms with E-state index < -0.39 is 6.10 Å². The molecule has 0 unspecified atom stereocenters. The van der Waals surface area contributed by atoms with E-state index in [1.165, 1.54) is 38.5 Å². The summed E-state index contributed by atoms with van der Waals surface area (Å²) in [5.41, 5.74) is 0. The van der Waals surface area contributed by atoms with Crippen LogP contribution in [0.2, 0.25) is 0 Å². The normalized spacial score (nSPS) is 12.8. The van der Waals surface area contributed by atoms with Gasteiger partial charge in [-0.3, -0.25) is 9.59 Å². The molecule has 0 bridgehead atoms. The molecular formula is C35H60O6. The van der Waals surface area contributed by atoms with Crippen LogP contribution >= 0.6 is 0 Å². The number of esters is 2. The summed E-state index contributed by atoms with van der Waals surface area (Å²) in [6, 6.07) is 0. The minimum Gasteiger partial charge on any atom is -0.463 e. The van der Waals surface area contributed by atoms with Crippen molar-refractivity contribution in [2.45, 2.75) is 141 Å². The maximum Gasteiger partial charge on any atom is 0.305 e. The summed E-state index contributed by atoms with van der Waals surface area (Å²) < 4.78 is 10.2. The number of aliphatic hydroxyl groups is 2. The van der Waals surface area contributed by atoms with E-state index in [0.717, 1.165) is 70.6 Å². The van der Waals surface area contributed by atoms with E-state index >= 15 is 0 Å². The molecule has 0 radical (unpaired) electrons. The number of carbonyl (C=O) groups excluding carboxylic acids is 2. The van der Waals surface area contributed by atoms with Crippen molar-refractivity contribution in [1.82, 2.24) is 0 Å². The Morgan fingerprint density at radius 2 is 0.976 bits per heavy atom. The number of allylic oxidation sites excluding steroid dienone is 8. The second kappa shape index (κ2) is 32.3. The number of ether oxygens (including phenoxy) is 2. The van der Waals surface area contributed by atoms with Crippen LogP contribution in [0.4, 0.5) is 0 Å². The third-order valence-corrected chi connectivity index (χ3v) is 6.62. The van der Waals surface area contributed by atoms with Gasteiger partial charge in [0.15, 0.2) is 0 Å². The Balaban J connectivity index is 3.59. The Morgan fingerprint density at radius 1 is 0.561 bits per heavy atom. The van der Waals surface area contributed by atoms with Gasteiger partial charge in [0.1, 0.15) is 19.3 Å². The van der Waals surface area contributed by atoms with Crippen LogP contribution < -0.4 is 0 Å². The zero-order chi connectivity index (χ0) is 30.1. The van der Waals surface area contributed by atoms with Crippen LogP contribution in [0.3, 0.4) is 0 Å². The Bertz CT molecular complexity index is 709. The second-order valence-corrected chi connectivity index (χ2v) is 10.7. The molecule has 41 heavy (non-hydrogen) atoms. The summed E-state index contributed by atoms with van der Waals surface area (Å²) in [6.07, 6.45) is 36.1. The van der Waals surface area contributed by atoms with Crippen molar-refractivity contribution in [3.63, 3.8) is 0 Å². The summed E-state index contributed by atoms with van der Waals surface area (Å²) in [4.78, 5) is 23.7. The van der Waals surface area contributed by atoms with Crippen LogP contribution in [0.15, 0.2) is 48.6 Å². The quantitative estimate of drug-likeness (QED) is 0.0527. The van der Waals surface area contributed by atoms with E-state index in [1.54, 1.807) is 0 Å². The average molecular weight is 577 g/mol. The van der Waals surface area contributed by atoms with Gasteiger partial charge in [-0.2, -0.15) is 0 Å². The summed E-state index contributed by atoms with van der Waals surface area (Å²) in [7, 11) is 0. The molecule has 0 rings (SSSR count). The fraction of sp³-hybridized carbons (Fsp3) is 0.714. The maximum atomic E-state index is 11.9. The first-order chi connectivity index (χ1) is 20.1. The first-order valence-electron chi connectivity index (χ1n) is 16.3. The molecule has 1 atom stereocenters. The molecule has 0 saturated carbocycles. The summed E-state index contributed by atoms with van der Waals surface area (Å²) >= 11 is 0. The summed E-state index contributed by atoms with van der Waals surface area (Å²) in [6.45, 7) is 2.22. The van der Waals surface area contributed by atoms with Crippen molar-refractivity contribution >= 4 is 11.9 Å². The first-order valence-corrected chi connectivity index (χ1v) is 16.3. The number of aliphatic hydroxyl groups excluding tert-OH is 2. The molecule has 0 aliphatic heterocycles. The highest BCUT2D eigenvalue weighted by atomic mass is 16.6. The zero-order valence-electron chi connectivity index (χ0n) is 26.0. The fourth-order valence-corrected chi connectivity index (χ4v) is 4.11. The number of hydrogen-bond acceptors (Lipinski definition) is 6. The lowest BCUT2D eigenvalue weighted by Gasteiger charge is -2.12. The largest absolute Gasteiger partial charge is 0.463 e. The highest BCUT2D eigenvalue weighted by Crippen LogP contribution is 2.11. The van der Waals surface area contributed by atoms with Crippen molar-refractivity contribution in [2.75, 3.05) is 19.8 Å². The van der Waals surface area contributed by atoms with Gasteiger partial charge in [-0.05, 0) is 57.8 Å². The van der Waals surface area contributed by atoms with E-state index in [4.69, 9.17) is 14.6 Å². The van der Waals surface area contributed by atoms with E-state index in [2.05, 4.69) is 55.5 Å². The van der Waals surface area contributed by atoms with Crippen LogP contribution in [0.1, 0.15) is 135 Å². The monoisotopic (exact) mass is 576 g/mol. The van der Waals surface area contributed by atoms with Crippen LogP contribution in [0, 0.1) is 0 Å². The lowest BCUT2D eigenvalue weighted by atomic mass is 10.1. The van der Waals surface area contributed by atoms with Crippen LogP contribution in [0.5, 0.6) is 0 Å². The minimum atomic E-state index is -0.989. The molecule has 0 saturated heterocycles. The van der Waals surface area contributed by atoms with Gasteiger partial charge >= 0.3 is 11.9 Å². The molecule has 0 fully saturated rings. The smallest absolute Gasteiger partial charge is 0.305 e. The van der Waals surface area contributed by atoms with E-state index in [-0.39, 0.29) is 25.2 Å². The highest BCUT2D eigenvalue weighted by Gasteiger charge is 2.11. The average Bonchev–Trinajstić information content (AvgIpc) is 2.97. The van der Waals surface area contributed by atoms with E-state index in [9.17, 15) is 14.7 Å². The molecule has 0 aliphatic carbocycles. The summed E-state index contributed by atoms with van der Waals surface area (Å²) in [5.74, 6) is -0.650. The van der Waals surface area contributed by atoms with Crippen molar-refractivity contribution in [3.05, 3.63) is 48.6 Å². The molecule has 6 nitrogen and oxygen atoms in total. The topological polar surface area (TPSA) is 93.1 Å². The van der Waals surface area contributed by atoms with E-state index in [1.807, 2.05) is 0 Å². The third-order valence-electron chi connectivity index (χ3n) is 6.62. The molecule has 0 aromatic heterocycles. The van der Waals surface area contributed by atoms with Crippen LogP contribution in [-0.2, 0) is 19.1 Å². The summed E-state index contributed by atoms with van der Waals surface area (Å²) in [5, 5.41) is 18.7. The van der Waals surface area contributed by atoms with Crippen molar-refractivity contribution in [1.29, 1.82) is 0 Å². The van der Waals surface area contributed by atoms with Gasteiger partial charge in [0.05, 0.1) is 0 Å². The maximum absolute atomic E-state index is 11.9. The van der Waals surface area contributed by atoms with Crippen LogP contribution in [-0.4, -0.2) is 48.1 Å². The minimum absolute atomic E-state index is 0.140. The molecule has 0 aromatic rings. The SMILES string of the molecule is CCCCCCCCCCCC(=O)OC[C@H](O)COC(=O)CCC/C=C\C/C=C\C/C=C\C/C=C\CCCCCO. The van der Waals surface area contributed by atoms with Crippen molar-refractivity contribution in [3.8, 4) is 0 Å². The predicted molar refractivity (Wildman–Crippen MR) is 170 cm³/mol. The van der Waals surface area contributed by atoms with Gasteiger partial charge in [0.2, 0.25) is 0 Å². The molecule has 2 N–H and O–H groups in total. The standard InChI is InChI=1S/C35H60O6/c1-2-3-4-5-6-16-19-22-25-28-34(38)40-31-33(37)32-41-35(39)29-26-23-20-17-14-12-10-8-7-9-11-13-15-18-21-24-27-30-36/h7,9-10,12-13,15,17,20,33,36-37H,2-6,8,11,14,16,18-19,21-32H2,1H3/b9-7-,12-10-,15-13-,20-17-/t33-/m0/s1. The predicted octanol–water partition coefficient (Wildman–Crippen LogP) is 8.47. The highest BCUT2D eigenvalue weighted by molar-refractivity contribution is 5.69. The van der Waals surface area contributed by atoms with Gasteiger partial charge in [0, 0.05) is 19.4 Å². The molecule has 0 amide bonds. The lowest BCUT2D eigenvalue weighted by Crippen LogP contribution is -2.25. The zero-order valence-corrected chi connectivity index (χ0v) is 26.0. The number of rotatable bonds is 29. The molecule has 0 heterocycles. The van der Waals surface area contributed by atoms with E-state index in [0.29, 0.717) is 25.9 Å². The van der Waals surface area contributed by atoms with Gasteiger partial charge in [-0.25, -0.2) is 0 Å². The molecular weight excluding hydrogens is 516 g/mol. The van der Waals surface area contributed by atoms with Crippen molar-refractivity contribution < 1.29 is 29.3 Å². The molecule has 0 aromatic carbocycles. The van der Waals surface area contributed by atoms with Gasteiger partial charge in [-0.15, -0.1) is 0 Å². The molecule has 0 spiro atoms. The van der Waals surface area contributed by atoms with Gasteiger partial charge < -0.3 is 19.7 Å². The Kier molecular flexibility index (Phi) is 30.6. The Hall–Kier alpha value is -2.18. The first kappa shape index (κ1) is 38.8. The lowest BCUT2D eigenvalue weighted by molar-refractivity contribution is -0.152. The second-order valence-electron chi connectivity index (χ2n) is 10.7. The van der Waals surface area contributed by atoms with Crippen molar-refractivity contribution in [2.24, 2.45) is 0 Å². The fourth-order valence-electron chi connectivity index (χ4n) is 4.11. The van der Waals surface area contributed by atoms with Crippen LogP contribution in [0.25, 0.3) is 0 Å². The molecule has 6 heteroatoms. The molecule has 236 valence electrons. The number of carbonyl (C=O) groups is 2. The Labute approximate surface area is 251 Å². The van der Waals surface area contributed by atoms with Gasteiger partial charge in [-0.1, -0.05) is 113 Å². The van der Waals surface area contributed by atoms with Gasteiger partial charge in [0.25, 0.3) is 0 Å². The Morgan fingerprint density at radius 3 is 1.49 bits per heavy atom. The number of unbranched alkanes of at least 4 members (excludes halogenated alkanes) is 12. The third kappa shape index (κ3) is 32.2. The number of hydrogen-bond donors (Lipinski definition) is 2.